The molecule has 2 aromatic rings. The van der Waals surface area contributed by atoms with Gasteiger partial charge >= 0.3 is 6.18 Å². The Balaban J connectivity index is 1.25. The average molecular weight is 451 g/mol. The molecule has 0 spiro atoms. The van der Waals surface area contributed by atoms with E-state index in [1.807, 2.05) is 0 Å². The number of benzene rings is 1. The van der Waals surface area contributed by atoms with Crippen molar-refractivity contribution in [1.82, 2.24) is 20.2 Å². The van der Waals surface area contributed by atoms with Crippen LogP contribution in [0, 0.1) is 5.92 Å². The smallest absolute Gasteiger partial charge is 0.396 e. The molecule has 4 rings (SSSR count). The van der Waals surface area contributed by atoms with Crippen LogP contribution in [0.25, 0.3) is 10.9 Å². The van der Waals surface area contributed by atoms with Gasteiger partial charge in [-0.1, -0.05) is 0 Å². The molecule has 1 aliphatic heterocycles. The van der Waals surface area contributed by atoms with E-state index in [1.54, 1.807) is 0 Å². The van der Waals surface area contributed by atoms with Gasteiger partial charge in [-0.3, -0.25) is 9.69 Å². The molecular weight excluding hydrogens is 423 g/mol. The predicted molar refractivity (Wildman–Crippen MR) is 114 cm³/mol. The molecule has 1 amide bonds. The zero-order chi connectivity index (χ0) is 22.7. The summed E-state index contributed by atoms with van der Waals surface area (Å²) in [6, 6.07) is 3.90. The van der Waals surface area contributed by atoms with Gasteiger partial charge in [0.15, 0.2) is 0 Å². The second kappa shape index (κ2) is 9.58. The number of hydrogen-bond acceptors (Lipinski definition) is 6. The van der Waals surface area contributed by atoms with Gasteiger partial charge in [0.25, 0.3) is 0 Å². The van der Waals surface area contributed by atoms with Crippen molar-refractivity contribution in [1.29, 1.82) is 0 Å². The zero-order valence-corrected chi connectivity index (χ0v) is 17.7. The van der Waals surface area contributed by atoms with E-state index < -0.39 is 11.7 Å². The maximum absolute atomic E-state index is 13.0. The predicted octanol–water partition coefficient (Wildman–Crippen LogP) is 2.80. The van der Waals surface area contributed by atoms with Gasteiger partial charge in [-0.2, -0.15) is 13.2 Å². The van der Waals surface area contributed by atoms with E-state index in [0.29, 0.717) is 17.5 Å². The van der Waals surface area contributed by atoms with Crippen molar-refractivity contribution in [3.8, 4) is 0 Å². The number of alkyl halides is 3. The molecule has 2 fully saturated rings. The SMILES string of the molecule is O=C(CNc1ncnc2ccc(C(F)(F)F)cc12)NC1CN([C@H]2CC[C@@H](CCO)CC2)C1. The lowest BCUT2D eigenvalue weighted by Crippen LogP contribution is -2.63. The molecule has 7 nitrogen and oxygen atoms in total. The fourth-order valence-corrected chi connectivity index (χ4v) is 4.70. The topological polar surface area (TPSA) is 90.4 Å². The van der Waals surface area contributed by atoms with Gasteiger partial charge in [0.05, 0.1) is 23.7 Å². The standard InChI is InChI=1S/C22H28F3N5O2/c23-22(24,25)15-3-6-19-18(9-15)21(28-13-27-19)26-10-20(32)29-16-11-30(12-16)17-4-1-14(2-5-17)7-8-31/h3,6,9,13-14,16-17,31H,1-2,4-5,7-8,10-12H2,(H,29,32)(H,26,27,28)/t14-,17+. The van der Waals surface area contributed by atoms with Crippen LogP contribution in [0.4, 0.5) is 19.0 Å². The Hall–Kier alpha value is -2.46. The molecule has 3 N–H and O–H groups in total. The first-order valence-electron chi connectivity index (χ1n) is 11.0. The van der Waals surface area contributed by atoms with Crippen molar-refractivity contribution < 1.29 is 23.1 Å². The van der Waals surface area contributed by atoms with Crippen LogP contribution in [0.3, 0.4) is 0 Å². The van der Waals surface area contributed by atoms with Gasteiger partial charge in [-0.25, -0.2) is 9.97 Å². The maximum atomic E-state index is 13.0. The summed E-state index contributed by atoms with van der Waals surface area (Å²) >= 11 is 0. The summed E-state index contributed by atoms with van der Waals surface area (Å²) in [5.41, 5.74) is -0.411. The molecule has 1 saturated carbocycles. The normalized spacial score (nSPS) is 22.5. The summed E-state index contributed by atoms with van der Waals surface area (Å²) in [5.74, 6) is 0.607. The molecule has 1 aromatic carbocycles. The molecule has 0 atom stereocenters. The second-order valence-electron chi connectivity index (χ2n) is 8.71. The van der Waals surface area contributed by atoms with Crippen molar-refractivity contribution in [2.75, 3.05) is 31.6 Å². The van der Waals surface area contributed by atoms with E-state index in [-0.39, 0.29) is 36.3 Å². The van der Waals surface area contributed by atoms with Crippen LogP contribution < -0.4 is 10.6 Å². The molecule has 1 aromatic heterocycles. The molecular formula is C22H28F3N5O2. The van der Waals surface area contributed by atoms with Gasteiger partial charge < -0.3 is 15.7 Å². The minimum absolute atomic E-state index is 0.0782. The van der Waals surface area contributed by atoms with Crippen molar-refractivity contribution in [2.45, 2.75) is 50.4 Å². The number of nitrogens with one attached hydrogen (secondary N) is 2. The third-order valence-corrected chi connectivity index (χ3v) is 6.52. The third-order valence-electron chi connectivity index (χ3n) is 6.52. The van der Waals surface area contributed by atoms with E-state index in [2.05, 4.69) is 25.5 Å². The Morgan fingerprint density at radius 3 is 2.59 bits per heavy atom. The fraction of sp³-hybridized carbons (Fsp3) is 0.591. The Morgan fingerprint density at radius 1 is 1.16 bits per heavy atom. The van der Waals surface area contributed by atoms with E-state index in [1.165, 1.54) is 12.4 Å². The molecule has 0 radical (unpaired) electrons. The first-order chi connectivity index (χ1) is 15.3. The summed E-state index contributed by atoms with van der Waals surface area (Å²) < 4.78 is 39.1. The van der Waals surface area contributed by atoms with Crippen molar-refractivity contribution in [2.24, 2.45) is 5.92 Å². The average Bonchev–Trinajstić information content (AvgIpc) is 2.74. The molecule has 0 bridgehead atoms. The number of fused-ring (bicyclic) bond motifs is 1. The highest BCUT2D eigenvalue weighted by molar-refractivity contribution is 5.91. The number of hydrogen-bond donors (Lipinski definition) is 3. The zero-order valence-electron chi connectivity index (χ0n) is 17.7. The first kappa shape index (κ1) is 22.7. The van der Waals surface area contributed by atoms with Crippen LogP contribution in [0.15, 0.2) is 24.5 Å². The largest absolute Gasteiger partial charge is 0.416 e. The number of aromatic nitrogens is 2. The minimum atomic E-state index is -4.47. The molecule has 2 aliphatic rings. The molecule has 1 saturated heterocycles. The highest BCUT2D eigenvalue weighted by Crippen LogP contribution is 2.33. The fourth-order valence-electron chi connectivity index (χ4n) is 4.70. The highest BCUT2D eigenvalue weighted by atomic mass is 19.4. The van der Waals surface area contributed by atoms with Gasteiger partial charge in [-0.15, -0.1) is 0 Å². The third kappa shape index (κ3) is 5.29. The summed E-state index contributed by atoms with van der Waals surface area (Å²) in [6.07, 6.45) is 2.23. The molecule has 2 heterocycles. The summed E-state index contributed by atoms with van der Waals surface area (Å²) in [4.78, 5) is 22.7. The molecule has 174 valence electrons. The molecule has 0 unspecified atom stereocenters. The van der Waals surface area contributed by atoms with Crippen LogP contribution in [0.1, 0.15) is 37.7 Å². The second-order valence-corrected chi connectivity index (χ2v) is 8.71. The maximum Gasteiger partial charge on any atom is 0.416 e. The highest BCUT2D eigenvalue weighted by Gasteiger charge is 2.35. The van der Waals surface area contributed by atoms with Gasteiger partial charge in [0.2, 0.25) is 5.91 Å². The summed E-state index contributed by atoms with van der Waals surface area (Å²) in [6.45, 7) is 1.81. The van der Waals surface area contributed by atoms with Gasteiger partial charge in [0.1, 0.15) is 12.1 Å². The van der Waals surface area contributed by atoms with E-state index >= 15 is 0 Å². The van der Waals surface area contributed by atoms with Crippen LogP contribution in [0.5, 0.6) is 0 Å². The minimum Gasteiger partial charge on any atom is -0.396 e. The van der Waals surface area contributed by atoms with E-state index in [9.17, 15) is 18.0 Å². The number of nitrogens with zero attached hydrogens (tertiary/aromatic N) is 3. The lowest BCUT2D eigenvalue weighted by molar-refractivity contribution is -0.137. The number of amides is 1. The number of anilines is 1. The lowest BCUT2D eigenvalue weighted by Gasteiger charge is -2.46. The van der Waals surface area contributed by atoms with Crippen LogP contribution in [-0.4, -0.2) is 64.2 Å². The van der Waals surface area contributed by atoms with Crippen molar-refractivity contribution >= 4 is 22.6 Å². The van der Waals surface area contributed by atoms with Crippen LogP contribution in [-0.2, 0) is 11.0 Å². The Bertz CT molecular complexity index is 941. The molecule has 32 heavy (non-hydrogen) atoms. The number of aliphatic hydroxyl groups is 1. The van der Waals surface area contributed by atoms with E-state index in [4.69, 9.17) is 5.11 Å². The van der Waals surface area contributed by atoms with Crippen LogP contribution in [0.2, 0.25) is 0 Å². The number of likely N-dealkylation sites (tertiary alicyclic amines) is 1. The van der Waals surface area contributed by atoms with Crippen molar-refractivity contribution in [3.63, 3.8) is 0 Å². The number of aliphatic hydroxyl groups excluding tert-OH is 1. The van der Waals surface area contributed by atoms with Crippen molar-refractivity contribution in [3.05, 3.63) is 30.1 Å². The van der Waals surface area contributed by atoms with E-state index in [0.717, 1.165) is 57.3 Å². The Kier molecular flexibility index (Phi) is 6.80. The number of carbonyl (C=O) groups is 1. The number of rotatable bonds is 7. The Labute approximate surface area is 184 Å². The summed E-state index contributed by atoms with van der Waals surface area (Å²) in [5, 5.41) is 15.1. The monoisotopic (exact) mass is 451 g/mol. The number of halogens is 3. The molecule has 1 aliphatic carbocycles. The quantitative estimate of drug-likeness (QED) is 0.600. The van der Waals surface area contributed by atoms with Gasteiger partial charge in [0, 0.05) is 31.1 Å². The van der Waals surface area contributed by atoms with Gasteiger partial charge in [-0.05, 0) is 56.2 Å². The summed E-state index contributed by atoms with van der Waals surface area (Å²) in [7, 11) is 0. The van der Waals surface area contributed by atoms with Crippen LogP contribution >= 0.6 is 0 Å². The Morgan fingerprint density at radius 2 is 1.91 bits per heavy atom. The lowest BCUT2D eigenvalue weighted by atomic mass is 9.82. The number of carbonyl (C=O) groups excluding carboxylic acids is 1. The first-order valence-corrected chi connectivity index (χ1v) is 11.0. The molecule has 10 heteroatoms.